The van der Waals surface area contributed by atoms with Gasteiger partial charge in [-0.3, -0.25) is 9.36 Å². The van der Waals surface area contributed by atoms with Gasteiger partial charge in [-0.05, 0) is 30.9 Å². The quantitative estimate of drug-likeness (QED) is 0.765. The van der Waals surface area contributed by atoms with Crippen LogP contribution in [0.25, 0.3) is 0 Å². The lowest BCUT2D eigenvalue weighted by atomic mass is 9.95. The Kier molecular flexibility index (Phi) is 4.56. The molecule has 0 spiro atoms. The summed E-state index contributed by atoms with van der Waals surface area (Å²) in [5, 5.41) is 15.8. The molecule has 1 amide bonds. The minimum absolute atomic E-state index is 0.00402. The topological polar surface area (TPSA) is 104 Å². The lowest BCUT2D eigenvalue weighted by Gasteiger charge is -2.32. The molecule has 26 heavy (non-hydrogen) atoms. The van der Waals surface area contributed by atoms with Gasteiger partial charge in [0, 0.05) is 32.1 Å². The largest absolute Gasteiger partial charge is 0.345 e. The Balaban J connectivity index is 1.44. The minimum Gasteiger partial charge on any atom is -0.341 e. The monoisotopic (exact) mass is 360 g/mol. The van der Waals surface area contributed by atoms with Crippen molar-refractivity contribution in [2.75, 3.05) is 13.1 Å². The third-order valence-electron chi connectivity index (χ3n) is 5.55. The van der Waals surface area contributed by atoms with E-state index < -0.39 is 0 Å². The summed E-state index contributed by atoms with van der Waals surface area (Å²) in [7, 11) is 1.72. The Morgan fingerprint density at radius 2 is 1.92 bits per heavy atom. The zero-order chi connectivity index (χ0) is 18.1. The fraction of sp³-hybridized carbons (Fsp3) is 0.750. The summed E-state index contributed by atoms with van der Waals surface area (Å²) < 4.78 is 3.38. The van der Waals surface area contributed by atoms with Gasteiger partial charge in [-0.2, -0.15) is 9.90 Å². The molecule has 2 aromatic heterocycles. The highest BCUT2D eigenvalue weighted by atomic mass is 16.2. The first kappa shape index (κ1) is 16.9. The highest BCUT2D eigenvalue weighted by molar-refractivity contribution is 5.75. The van der Waals surface area contributed by atoms with Crippen molar-refractivity contribution >= 4 is 5.91 Å². The van der Waals surface area contributed by atoms with E-state index in [1.807, 2.05) is 9.47 Å². The average Bonchev–Trinajstić information content (AvgIpc) is 3.39. The van der Waals surface area contributed by atoms with Crippen molar-refractivity contribution in [2.24, 2.45) is 7.05 Å². The summed E-state index contributed by atoms with van der Waals surface area (Å²) in [6.45, 7) is 1.43. The summed E-state index contributed by atoms with van der Waals surface area (Å²) >= 11 is 0. The number of carbonyl (C=O) groups excluding carboxylic acids is 1. The van der Waals surface area contributed by atoms with Crippen LogP contribution in [-0.2, 0) is 18.4 Å². The summed E-state index contributed by atoms with van der Waals surface area (Å²) in [4.78, 5) is 28.0. The zero-order valence-electron chi connectivity index (χ0n) is 15.0. The maximum absolute atomic E-state index is 12.5. The van der Waals surface area contributed by atoms with Crippen LogP contribution in [0.15, 0.2) is 11.1 Å². The Morgan fingerprint density at radius 1 is 1.19 bits per heavy atom. The number of nitrogens with zero attached hydrogens (tertiary/aromatic N) is 8. The zero-order valence-corrected chi connectivity index (χ0v) is 15.0. The van der Waals surface area contributed by atoms with Crippen molar-refractivity contribution < 1.29 is 4.79 Å². The molecule has 2 aromatic rings. The predicted octanol–water partition coefficient (Wildman–Crippen LogP) is 0.0896. The molecule has 2 fully saturated rings. The Bertz CT molecular complexity index is 810. The molecule has 10 nitrogen and oxygen atoms in total. The van der Waals surface area contributed by atoms with Crippen LogP contribution in [-0.4, -0.2) is 58.5 Å². The molecule has 10 heteroatoms. The highest BCUT2D eigenvalue weighted by Crippen LogP contribution is 2.33. The van der Waals surface area contributed by atoms with Gasteiger partial charge in [0.25, 0.3) is 0 Å². The fourth-order valence-electron chi connectivity index (χ4n) is 4.15. The molecule has 1 aliphatic heterocycles. The van der Waals surface area contributed by atoms with Gasteiger partial charge >= 0.3 is 5.69 Å². The standard InChI is InChI=1S/C16H24N8O2/c1-21-16(26)24(13-4-2-3-5-13)15(19-21)12-6-8-22(9-7-12)14(25)10-23-18-11-17-20-23/h11-13H,2-10H2,1H3. The molecule has 0 radical (unpaired) electrons. The third kappa shape index (κ3) is 3.15. The number of rotatable bonds is 4. The lowest BCUT2D eigenvalue weighted by Crippen LogP contribution is -2.40. The lowest BCUT2D eigenvalue weighted by molar-refractivity contribution is -0.133. The van der Waals surface area contributed by atoms with Crippen molar-refractivity contribution in [1.29, 1.82) is 0 Å². The van der Waals surface area contributed by atoms with Crippen LogP contribution in [0, 0.1) is 0 Å². The van der Waals surface area contributed by atoms with E-state index in [0.717, 1.165) is 31.5 Å². The number of likely N-dealkylation sites (tertiary alicyclic amines) is 1. The minimum atomic E-state index is -0.0114. The number of piperidine rings is 1. The number of aryl methyl sites for hydroxylation is 1. The van der Waals surface area contributed by atoms with E-state index in [1.54, 1.807) is 7.05 Å². The summed E-state index contributed by atoms with van der Waals surface area (Å²) in [6, 6.07) is 0.282. The SMILES string of the molecule is Cn1nc(C2CCN(C(=O)Cn3ncnn3)CC2)n(C2CCCC2)c1=O. The van der Waals surface area contributed by atoms with Crippen molar-refractivity contribution in [3.05, 3.63) is 22.6 Å². The van der Waals surface area contributed by atoms with Crippen LogP contribution < -0.4 is 5.69 Å². The number of hydrogen-bond acceptors (Lipinski definition) is 6. The number of amides is 1. The van der Waals surface area contributed by atoms with Gasteiger partial charge in [0.05, 0.1) is 0 Å². The average molecular weight is 360 g/mol. The summed E-state index contributed by atoms with van der Waals surface area (Å²) in [5.41, 5.74) is -0.0114. The molecule has 1 aliphatic carbocycles. The number of hydrogen-bond donors (Lipinski definition) is 0. The van der Waals surface area contributed by atoms with Gasteiger partial charge in [0.15, 0.2) is 6.33 Å². The predicted molar refractivity (Wildman–Crippen MR) is 91.3 cm³/mol. The first-order chi connectivity index (χ1) is 12.6. The second kappa shape index (κ2) is 7.00. The van der Waals surface area contributed by atoms with E-state index in [-0.39, 0.29) is 30.1 Å². The van der Waals surface area contributed by atoms with E-state index >= 15 is 0 Å². The normalized spacial score (nSPS) is 19.3. The second-order valence-corrected chi connectivity index (χ2v) is 7.19. The van der Waals surface area contributed by atoms with Gasteiger partial charge in [-0.15, -0.1) is 10.2 Å². The first-order valence-electron chi connectivity index (χ1n) is 9.27. The summed E-state index contributed by atoms with van der Waals surface area (Å²) in [5.74, 6) is 1.11. The molecule has 1 saturated carbocycles. The fourth-order valence-corrected chi connectivity index (χ4v) is 4.15. The van der Waals surface area contributed by atoms with Crippen LogP contribution in [0.3, 0.4) is 0 Å². The molecule has 140 valence electrons. The van der Waals surface area contributed by atoms with Gasteiger partial charge in [-0.1, -0.05) is 12.8 Å². The molecule has 0 N–H and O–H groups in total. The van der Waals surface area contributed by atoms with Crippen LogP contribution in [0.4, 0.5) is 0 Å². The maximum Gasteiger partial charge on any atom is 0.345 e. The molecule has 0 bridgehead atoms. The molecule has 1 saturated heterocycles. The molecule has 3 heterocycles. The maximum atomic E-state index is 12.5. The first-order valence-corrected chi connectivity index (χ1v) is 9.27. The van der Waals surface area contributed by atoms with Crippen LogP contribution in [0.5, 0.6) is 0 Å². The van der Waals surface area contributed by atoms with Gasteiger partial charge in [-0.25, -0.2) is 9.48 Å². The number of carbonyl (C=O) groups is 1. The molecule has 0 aromatic carbocycles. The molecular formula is C16H24N8O2. The van der Waals surface area contributed by atoms with Gasteiger partial charge in [0.2, 0.25) is 5.91 Å². The molecule has 0 unspecified atom stereocenters. The van der Waals surface area contributed by atoms with E-state index in [0.29, 0.717) is 13.1 Å². The van der Waals surface area contributed by atoms with Crippen molar-refractivity contribution in [1.82, 2.24) is 39.5 Å². The number of aromatic nitrogens is 7. The van der Waals surface area contributed by atoms with Crippen LogP contribution in [0.2, 0.25) is 0 Å². The smallest absolute Gasteiger partial charge is 0.341 e. The van der Waals surface area contributed by atoms with Gasteiger partial charge < -0.3 is 4.90 Å². The Hall–Kier alpha value is -2.52. The highest BCUT2D eigenvalue weighted by Gasteiger charge is 2.31. The van der Waals surface area contributed by atoms with Crippen molar-refractivity contribution in [2.45, 2.75) is 57.0 Å². The molecule has 0 atom stereocenters. The Morgan fingerprint density at radius 3 is 2.58 bits per heavy atom. The second-order valence-electron chi connectivity index (χ2n) is 7.19. The third-order valence-corrected chi connectivity index (χ3v) is 5.55. The van der Waals surface area contributed by atoms with Crippen molar-refractivity contribution in [3.63, 3.8) is 0 Å². The van der Waals surface area contributed by atoms with Crippen LogP contribution in [0.1, 0.15) is 56.3 Å². The Labute approximate surface area is 150 Å². The van der Waals surface area contributed by atoms with Crippen molar-refractivity contribution in [3.8, 4) is 0 Å². The van der Waals surface area contributed by atoms with Gasteiger partial charge in [0.1, 0.15) is 12.4 Å². The molecule has 4 rings (SSSR count). The van der Waals surface area contributed by atoms with E-state index in [1.165, 1.54) is 28.6 Å². The van der Waals surface area contributed by atoms with Crippen LogP contribution >= 0.6 is 0 Å². The molecular weight excluding hydrogens is 336 g/mol. The van der Waals surface area contributed by atoms with E-state index in [2.05, 4.69) is 20.5 Å². The summed E-state index contributed by atoms with van der Waals surface area (Å²) in [6.07, 6.45) is 7.42. The van der Waals surface area contributed by atoms with E-state index in [4.69, 9.17) is 0 Å². The molecule has 2 aliphatic rings. The number of tetrazole rings is 1. The van der Waals surface area contributed by atoms with E-state index in [9.17, 15) is 9.59 Å².